The highest BCUT2D eigenvalue weighted by Crippen LogP contribution is 2.02. The van der Waals surface area contributed by atoms with Crippen LogP contribution in [0, 0.1) is 0 Å². The molecule has 4 N–H and O–H groups in total. The molecule has 0 aliphatic rings. The van der Waals surface area contributed by atoms with E-state index in [0.717, 1.165) is 56.1 Å². The minimum atomic E-state index is -0.117. The van der Waals surface area contributed by atoms with Crippen LogP contribution in [0.25, 0.3) is 0 Å². The fourth-order valence-corrected chi connectivity index (χ4v) is 3.05. The molecular weight excluding hydrogens is 392 g/mol. The van der Waals surface area contributed by atoms with Crippen LogP contribution in [-0.2, 0) is 12.8 Å². The summed E-state index contributed by atoms with van der Waals surface area (Å²) in [6.07, 6.45) is 13.8. The molecule has 0 unspecified atom stereocenters. The number of carbonyl (C=O) groups excluding carboxylic acids is 2. The second-order valence-electron chi connectivity index (χ2n) is 7.34. The predicted octanol–water partition coefficient (Wildman–Crippen LogP) is 2.81. The lowest BCUT2D eigenvalue weighted by atomic mass is 10.1. The number of unbranched alkanes of at least 4 members (excludes halogenated alkanes) is 4. The molecule has 31 heavy (non-hydrogen) atoms. The van der Waals surface area contributed by atoms with Gasteiger partial charge in [0.15, 0.2) is 0 Å². The Kier molecular flexibility index (Phi) is 12.2. The zero-order chi connectivity index (χ0) is 22.0. The summed E-state index contributed by atoms with van der Waals surface area (Å²) in [5.74, 6) is 0. The molecule has 2 heterocycles. The Bertz CT molecular complexity index is 679. The van der Waals surface area contributed by atoms with Gasteiger partial charge in [-0.2, -0.15) is 0 Å². The highest BCUT2D eigenvalue weighted by atomic mass is 16.2. The smallest absolute Gasteiger partial charge is 0.314 e. The van der Waals surface area contributed by atoms with Gasteiger partial charge in [-0.3, -0.25) is 9.97 Å². The molecule has 0 saturated carbocycles. The lowest BCUT2D eigenvalue weighted by Gasteiger charge is -2.08. The number of nitrogens with one attached hydrogen (secondary N) is 4. The van der Waals surface area contributed by atoms with Crippen LogP contribution >= 0.6 is 0 Å². The van der Waals surface area contributed by atoms with Gasteiger partial charge in [0.1, 0.15) is 0 Å². The molecule has 0 saturated heterocycles. The van der Waals surface area contributed by atoms with Crippen molar-refractivity contribution < 1.29 is 9.59 Å². The van der Waals surface area contributed by atoms with Crippen molar-refractivity contribution in [2.24, 2.45) is 0 Å². The van der Waals surface area contributed by atoms with E-state index in [2.05, 4.69) is 31.2 Å². The number of urea groups is 2. The minimum absolute atomic E-state index is 0.117. The van der Waals surface area contributed by atoms with E-state index in [9.17, 15) is 9.59 Å². The Morgan fingerprint density at radius 3 is 1.32 bits per heavy atom. The van der Waals surface area contributed by atoms with E-state index in [-0.39, 0.29) is 12.1 Å². The van der Waals surface area contributed by atoms with E-state index >= 15 is 0 Å². The third-order valence-electron chi connectivity index (χ3n) is 4.82. The zero-order valence-electron chi connectivity index (χ0n) is 18.1. The largest absolute Gasteiger partial charge is 0.338 e. The van der Waals surface area contributed by atoms with Gasteiger partial charge in [0.2, 0.25) is 0 Å². The van der Waals surface area contributed by atoms with Gasteiger partial charge in [-0.25, -0.2) is 9.59 Å². The van der Waals surface area contributed by atoms with Crippen molar-refractivity contribution in [1.82, 2.24) is 31.2 Å². The maximum absolute atomic E-state index is 11.7. The van der Waals surface area contributed by atoms with E-state index in [1.165, 1.54) is 0 Å². The molecule has 2 rings (SSSR count). The maximum Gasteiger partial charge on any atom is 0.314 e. The summed E-state index contributed by atoms with van der Waals surface area (Å²) in [7, 11) is 0. The van der Waals surface area contributed by atoms with Gasteiger partial charge in [-0.15, -0.1) is 0 Å². The summed E-state index contributed by atoms with van der Waals surface area (Å²) >= 11 is 0. The van der Waals surface area contributed by atoms with E-state index in [0.29, 0.717) is 26.2 Å². The second-order valence-corrected chi connectivity index (χ2v) is 7.34. The first-order valence-corrected chi connectivity index (χ1v) is 11.1. The average molecular weight is 427 g/mol. The van der Waals surface area contributed by atoms with Gasteiger partial charge < -0.3 is 21.3 Å². The van der Waals surface area contributed by atoms with Crippen LogP contribution in [0.5, 0.6) is 0 Å². The topological polar surface area (TPSA) is 108 Å². The van der Waals surface area contributed by atoms with Crippen LogP contribution in [0.2, 0.25) is 0 Å². The van der Waals surface area contributed by atoms with E-state index < -0.39 is 0 Å². The molecule has 0 aromatic carbocycles. The van der Waals surface area contributed by atoms with Crippen molar-refractivity contribution in [2.45, 2.75) is 44.9 Å². The van der Waals surface area contributed by atoms with Gasteiger partial charge in [-0.05, 0) is 61.1 Å². The molecule has 0 atom stereocenters. The summed E-state index contributed by atoms with van der Waals surface area (Å²) in [6.45, 7) is 2.58. The summed E-state index contributed by atoms with van der Waals surface area (Å²) in [5, 5.41) is 11.5. The van der Waals surface area contributed by atoms with E-state index in [1.807, 2.05) is 24.3 Å². The number of hydrogen-bond acceptors (Lipinski definition) is 4. The SMILES string of the molecule is O=C(NCCCCCCCNC(=O)NCCc1ccncc1)NCCc1ccncc1. The summed E-state index contributed by atoms with van der Waals surface area (Å²) in [6, 6.07) is 7.57. The number of hydrogen-bond donors (Lipinski definition) is 4. The Balaban J connectivity index is 1.33. The van der Waals surface area contributed by atoms with Gasteiger partial charge in [0, 0.05) is 51.0 Å². The zero-order valence-corrected chi connectivity index (χ0v) is 18.1. The van der Waals surface area contributed by atoms with Crippen LogP contribution < -0.4 is 21.3 Å². The predicted molar refractivity (Wildman–Crippen MR) is 122 cm³/mol. The molecular formula is C23H34N6O2. The monoisotopic (exact) mass is 426 g/mol. The number of pyridine rings is 2. The Hall–Kier alpha value is -3.16. The highest BCUT2D eigenvalue weighted by Gasteiger charge is 2.01. The first-order chi connectivity index (χ1) is 15.2. The van der Waals surface area contributed by atoms with Gasteiger partial charge >= 0.3 is 12.1 Å². The van der Waals surface area contributed by atoms with Crippen molar-refractivity contribution >= 4 is 12.1 Å². The molecule has 2 aromatic rings. The van der Waals surface area contributed by atoms with Gasteiger partial charge in [0.25, 0.3) is 0 Å². The number of carbonyl (C=O) groups is 2. The van der Waals surface area contributed by atoms with Crippen molar-refractivity contribution in [3.8, 4) is 0 Å². The Morgan fingerprint density at radius 2 is 0.903 bits per heavy atom. The van der Waals surface area contributed by atoms with Crippen LogP contribution in [0.3, 0.4) is 0 Å². The van der Waals surface area contributed by atoms with Crippen molar-refractivity contribution in [3.05, 3.63) is 60.2 Å². The maximum atomic E-state index is 11.7. The fourth-order valence-electron chi connectivity index (χ4n) is 3.05. The molecule has 0 fully saturated rings. The van der Waals surface area contributed by atoms with Crippen LogP contribution in [0.1, 0.15) is 43.2 Å². The van der Waals surface area contributed by atoms with Crippen LogP contribution in [0.4, 0.5) is 9.59 Å². The van der Waals surface area contributed by atoms with Gasteiger partial charge in [0.05, 0.1) is 0 Å². The lowest BCUT2D eigenvalue weighted by Crippen LogP contribution is -2.37. The van der Waals surface area contributed by atoms with Crippen molar-refractivity contribution in [3.63, 3.8) is 0 Å². The fraction of sp³-hybridized carbons (Fsp3) is 0.478. The summed E-state index contributed by atoms with van der Waals surface area (Å²) in [4.78, 5) is 31.4. The standard InChI is InChI=1S/C23H34N6O2/c30-22(28-18-10-20-6-14-24-15-7-20)26-12-4-2-1-3-5-13-27-23(31)29-19-11-21-8-16-25-17-9-21/h6-9,14-17H,1-5,10-13,18-19H2,(H2,26,28,30)(H2,27,29,31). The Morgan fingerprint density at radius 1 is 0.548 bits per heavy atom. The van der Waals surface area contributed by atoms with Gasteiger partial charge in [-0.1, -0.05) is 19.3 Å². The summed E-state index contributed by atoms with van der Waals surface area (Å²) < 4.78 is 0. The molecule has 0 aliphatic heterocycles. The average Bonchev–Trinajstić information content (AvgIpc) is 2.79. The first kappa shape index (κ1) is 24.1. The molecule has 8 nitrogen and oxygen atoms in total. The molecule has 0 aliphatic carbocycles. The molecule has 4 amide bonds. The van der Waals surface area contributed by atoms with E-state index in [1.54, 1.807) is 24.8 Å². The third-order valence-corrected chi connectivity index (χ3v) is 4.82. The van der Waals surface area contributed by atoms with Crippen molar-refractivity contribution in [1.29, 1.82) is 0 Å². The van der Waals surface area contributed by atoms with Crippen LogP contribution in [0.15, 0.2) is 49.1 Å². The van der Waals surface area contributed by atoms with Crippen molar-refractivity contribution in [2.75, 3.05) is 26.2 Å². The molecule has 2 aromatic heterocycles. The second kappa shape index (κ2) is 15.6. The molecule has 0 spiro atoms. The summed E-state index contributed by atoms with van der Waals surface area (Å²) in [5.41, 5.74) is 2.32. The quantitative estimate of drug-likeness (QED) is 0.348. The minimum Gasteiger partial charge on any atom is -0.338 e. The Labute approximate surface area is 184 Å². The lowest BCUT2D eigenvalue weighted by molar-refractivity contribution is 0.240. The number of amides is 4. The number of rotatable bonds is 14. The molecule has 0 bridgehead atoms. The number of nitrogens with zero attached hydrogens (tertiary/aromatic N) is 2. The number of aromatic nitrogens is 2. The molecule has 8 heteroatoms. The van der Waals surface area contributed by atoms with Crippen LogP contribution in [-0.4, -0.2) is 48.2 Å². The molecule has 168 valence electrons. The highest BCUT2D eigenvalue weighted by molar-refractivity contribution is 5.74. The van der Waals surface area contributed by atoms with E-state index in [4.69, 9.17) is 0 Å². The normalized spacial score (nSPS) is 10.3. The molecule has 0 radical (unpaired) electrons. The third kappa shape index (κ3) is 12.2. The first-order valence-electron chi connectivity index (χ1n) is 11.1.